The molecule has 2 aromatic carbocycles. The summed E-state index contributed by atoms with van der Waals surface area (Å²) in [4.78, 5) is 14.7. The molecule has 4 heteroatoms. The number of amides is 1. The number of nitrogens with zero attached hydrogens (tertiary/aromatic N) is 1. The van der Waals surface area contributed by atoms with E-state index >= 15 is 0 Å². The Hall–Kier alpha value is -2.17. The average molecular weight is 351 g/mol. The van der Waals surface area contributed by atoms with Gasteiger partial charge in [-0.05, 0) is 50.0 Å². The first kappa shape index (κ1) is 18.6. The molecule has 2 N–H and O–H groups in total. The number of likely N-dealkylation sites (tertiary alicyclic amines) is 1. The molecule has 0 spiro atoms. The number of carbonyl (C=O) groups is 1. The van der Waals surface area contributed by atoms with Crippen molar-refractivity contribution >= 4 is 5.91 Å². The van der Waals surface area contributed by atoms with Crippen molar-refractivity contribution in [2.75, 3.05) is 26.2 Å². The summed E-state index contributed by atoms with van der Waals surface area (Å²) < 4.78 is 0. The predicted molar refractivity (Wildman–Crippen MR) is 106 cm³/mol. The lowest BCUT2D eigenvalue weighted by atomic mass is 10.0. The van der Waals surface area contributed by atoms with Gasteiger partial charge in [0.2, 0.25) is 0 Å². The lowest BCUT2D eigenvalue weighted by Gasteiger charge is -2.32. The van der Waals surface area contributed by atoms with Crippen LogP contribution in [0.2, 0.25) is 0 Å². The summed E-state index contributed by atoms with van der Waals surface area (Å²) in [6.45, 7) is 6.75. The molecule has 1 aliphatic rings. The second kappa shape index (κ2) is 9.51. The summed E-state index contributed by atoms with van der Waals surface area (Å²) in [7, 11) is 0. The fourth-order valence-electron chi connectivity index (χ4n) is 3.51. The molecule has 138 valence electrons. The van der Waals surface area contributed by atoms with Crippen LogP contribution in [0.25, 0.3) is 0 Å². The minimum atomic E-state index is 0.0163. The van der Waals surface area contributed by atoms with E-state index in [-0.39, 0.29) is 5.91 Å². The van der Waals surface area contributed by atoms with Crippen molar-refractivity contribution in [2.24, 2.45) is 0 Å². The van der Waals surface area contributed by atoms with E-state index in [1.54, 1.807) is 0 Å². The lowest BCUT2D eigenvalue weighted by molar-refractivity contribution is 0.0952. The van der Waals surface area contributed by atoms with Crippen LogP contribution < -0.4 is 10.6 Å². The van der Waals surface area contributed by atoms with E-state index in [2.05, 4.69) is 45.9 Å². The first-order valence-electron chi connectivity index (χ1n) is 9.56. The third-order valence-corrected chi connectivity index (χ3v) is 5.07. The Morgan fingerprint density at radius 1 is 1.00 bits per heavy atom. The molecule has 1 fully saturated rings. The van der Waals surface area contributed by atoms with Gasteiger partial charge in [-0.1, -0.05) is 48.5 Å². The average Bonchev–Trinajstić information content (AvgIpc) is 2.67. The van der Waals surface area contributed by atoms with Crippen LogP contribution in [0.5, 0.6) is 0 Å². The molecule has 1 aliphatic heterocycles. The summed E-state index contributed by atoms with van der Waals surface area (Å²) in [5.74, 6) is 0.0163. The molecule has 2 aromatic rings. The summed E-state index contributed by atoms with van der Waals surface area (Å²) in [6, 6.07) is 18.9. The summed E-state index contributed by atoms with van der Waals surface area (Å²) in [5, 5.41) is 6.60. The van der Waals surface area contributed by atoms with Crippen LogP contribution in [0.4, 0.5) is 0 Å². The van der Waals surface area contributed by atoms with Gasteiger partial charge in [-0.3, -0.25) is 9.69 Å². The van der Waals surface area contributed by atoms with E-state index < -0.39 is 0 Å². The SMILES string of the molecule is Cc1ccccc1C(=O)NCCNC1CCN(Cc2ccccc2)CC1. The van der Waals surface area contributed by atoms with Gasteiger partial charge < -0.3 is 10.6 Å². The standard InChI is InChI=1S/C22H29N3O/c1-18-7-5-6-10-21(18)22(26)24-14-13-23-20-11-15-25(16-12-20)17-19-8-3-2-4-9-19/h2-10,20,23H,11-17H2,1H3,(H,24,26). The van der Waals surface area contributed by atoms with E-state index in [0.29, 0.717) is 12.6 Å². The first-order chi connectivity index (χ1) is 12.7. The minimum absolute atomic E-state index is 0.0163. The molecule has 0 radical (unpaired) electrons. The molecule has 0 aliphatic carbocycles. The normalized spacial score (nSPS) is 15.7. The highest BCUT2D eigenvalue weighted by Crippen LogP contribution is 2.13. The molecule has 0 unspecified atom stereocenters. The van der Waals surface area contributed by atoms with E-state index in [4.69, 9.17) is 0 Å². The zero-order chi connectivity index (χ0) is 18.2. The van der Waals surface area contributed by atoms with Gasteiger partial charge in [-0.2, -0.15) is 0 Å². The van der Waals surface area contributed by atoms with E-state index in [9.17, 15) is 4.79 Å². The highest BCUT2D eigenvalue weighted by atomic mass is 16.1. The zero-order valence-electron chi connectivity index (χ0n) is 15.6. The maximum absolute atomic E-state index is 12.2. The Balaban J connectivity index is 1.32. The quantitative estimate of drug-likeness (QED) is 0.754. The molecular weight excluding hydrogens is 322 g/mol. The van der Waals surface area contributed by atoms with E-state index in [1.807, 2.05) is 31.2 Å². The van der Waals surface area contributed by atoms with E-state index in [0.717, 1.165) is 37.3 Å². The Kier molecular flexibility index (Phi) is 6.81. The number of benzene rings is 2. The molecule has 1 amide bonds. The number of hydrogen-bond donors (Lipinski definition) is 2. The maximum atomic E-state index is 12.2. The van der Waals surface area contributed by atoms with Crippen molar-refractivity contribution in [3.05, 3.63) is 71.3 Å². The Labute approximate surface area is 156 Å². The fraction of sp³-hybridized carbons (Fsp3) is 0.409. The van der Waals surface area contributed by atoms with Crippen LogP contribution in [0, 0.1) is 6.92 Å². The largest absolute Gasteiger partial charge is 0.351 e. The second-order valence-corrected chi connectivity index (χ2v) is 7.06. The zero-order valence-corrected chi connectivity index (χ0v) is 15.6. The van der Waals surface area contributed by atoms with Crippen LogP contribution in [-0.2, 0) is 6.54 Å². The Bertz CT molecular complexity index is 694. The smallest absolute Gasteiger partial charge is 0.251 e. The van der Waals surface area contributed by atoms with Crippen LogP contribution in [-0.4, -0.2) is 43.0 Å². The molecular formula is C22H29N3O. The molecule has 0 atom stereocenters. The van der Waals surface area contributed by atoms with Crippen molar-refractivity contribution in [2.45, 2.75) is 32.4 Å². The predicted octanol–water partition coefficient (Wildman–Crippen LogP) is 2.98. The van der Waals surface area contributed by atoms with Crippen LogP contribution >= 0.6 is 0 Å². The molecule has 3 rings (SSSR count). The summed E-state index contributed by atoms with van der Waals surface area (Å²) in [5.41, 5.74) is 3.17. The lowest BCUT2D eigenvalue weighted by Crippen LogP contribution is -2.44. The maximum Gasteiger partial charge on any atom is 0.251 e. The molecule has 1 heterocycles. The Morgan fingerprint density at radius 2 is 1.69 bits per heavy atom. The van der Waals surface area contributed by atoms with E-state index in [1.165, 1.54) is 18.4 Å². The van der Waals surface area contributed by atoms with Gasteiger partial charge in [0.05, 0.1) is 0 Å². The third-order valence-electron chi connectivity index (χ3n) is 5.07. The molecule has 1 saturated heterocycles. The van der Waals surface area contributed by atoms with Gasteiger partial charge in [0.1, 0.15) is 0 Å². The van der Waals surface area contributed by atoms with Crippen LogP contribution in [0.15, 0.2) is 54.6 Å². The molecule has 4 nitrogen and oxygen atoms in total. The number of nitrogens with one attached hydrogen (secondary N) is 2. The van der Waals surface area contributed by atoms with Crippen LogP contribution in [0.3, 0.4) is 0 Å². The summed E-state index contributed by atoms with van der Waals surface area (Å²) in [6.07, 6.45) is 2.33. The topological polar surface area (TPSA) is 44.4 Å². The molecule has 0 saturated carbocycles. The first-order valence-corrected chi connectivity index (χ1v) is 9.56. The number of piperidine rings is 1. The van der Waals surface area contributed by atoms with Gasteiger partial charge >= 0.3 is 0 Å². The highest BCUT2D eigenvalue weighted by Gasteiger charge is 2.18. The number of aryl methyl sites for hydroxylation is 1. The van der Waals surface area contributed by atoms with Gasteiger partial charge in [-0.15, -0.1) is 0 Å². The summed E-state index contributed by atoms with van der Waals surface area (Å²) >= 11 is 0. The van der Waals surface area contributed by atoms with Crippen LogP contribution in [0.1, 0.15) is 34.3 Å². The van der Waals surface area contributed by atoms with Crippen molar-refractivity contribution in [1.29, 1.82) is 0 Å². The van der Waals surface area contributed by atoms with Crippen molar-refractivity contribution in [1.82, 2.24) is 15.5 Å². The molecule has 0 bridgehead atoms. The highest BCUT2D eigenvalue weighted by molar-refractivity contribution is 5.95. The fourth-order valence-corrected chi connectivity index (χ4v) is 3.51. The van der Waals surface area contributed by atoms with Crippen molar-refractivity contribution in [3.8, 4) is 0 Å². The van der Waals surface area contributed by atoms with Crippen molar-refractivity contribution in [3.63, 3.8) is 0 Å². The number of carbonyl (C=O) groups excluding carboxylic acids is 1. The minimum Gasteiger partial charge on any atom is -0.351 e. The second-order valence-electron chi connectivity index (χ2n) is 7.06. The monoisotopic (exact) mass is 351 g/mol. The van der Waals surface area contributed by atoms with Gasteiger partial charge in [0, 0.05) is 31.2 Å². The molecule has 26 heavy (non-hydrogen) atoms. The number of rotatable bonds is 7. The third kappa shape index (κ3) is 5.41. The van der Waals surface area contributed by atoms with Gasteiger partial charge in [0.15, 0.2) is 0 Å². The van der Waals surface area contributed by atoms with Crippen molar-refractivity contribution < 1.29 is 4.79 Å². The van der Waals surface area contributed by atoms with Gasteiger partial charge in [0.25, 0.3) is 5.91 Å². The Morgan fingerprint density at radius 3 is 2.42 bits per heavy atom. The molecule has 0 aromatic heterocycles. The number of hydrogen-bond acceptors (Lipinski definition) is 3. The van der Waals surface area contributed by atoms with Gasteiger partial charge in [-0.25, -0.2) is 0 Å².